The molecular formula is C16H25NO2S. The van der Waals surface area contributed by atoms with Crippen LogP contribution in [0.25, 0.3) is 0 Å². The Morgan fingerprint density at radius 3 is 2.50 bits per heavy atom. The second kappa shape index (κ2) is 7.70. The fourth-order valence-corrected chi connectivity index (χ4v) is 3.48. The third-order valence-electron chi connectivity index (χ3n) is 3.26. The summed E-state index contributed by atoms with van der Waals surface area (Å²) in [5.41, 5.74) is 0.634. The smallest absolute Gasteiger partial charge is 0.325 e. The van der Waals surface area contributed by atoms with Crippen LogP contribution in [0.1, 0.15) is 32.8 Å². The number of benzene rings is 1. The summed E-state index contributed by atoms with van der Waals surface area (Å²) in [6.07, 6.45) is 0.728. The molecule has 0 aliphatic heterocycles. The highest BCUT2D eigenvalue weighted by molar-refractivity contribution is 7.99. The standard InChI is InChI=1S/C16H25NO2S/c1-6-17-16(4,15(18)19-5)11-13(3)20-14-9-7-12(2)8-10-14/h7-10,13,17H,6,11H2,1-5H3. The van der Waals surface area contributed by atoms with Crippen molar-refractivity contribution in [3.63, 3.8) is 0 Å². The Morgan fingerprint density at radius 1 is 1.40 bits per heavy atom. The van der Waals surface area contributed by atoms with Gasteiger partial charge < -0.3 is 10.1 Å². The molecule has 0 bridgehead atoms. The zero-order valence-corrected chi connectivity index (χ0v) is 13.8. The zero-order chi connectivity index (χ0) is 15.2. The summed E-state index contributed by atoms with van der Waals surface area (Å²) < 4.78 is 4.92. The van der Waals surface area contributed by atoms with Gasteiger partial charge >= 0.3 is 5.97 Å². The van der Waals surface area contributed by atoms with Gasteiger partial charge in [-0.05, 0) is 38.9 Å². The lowest BCUT2D eigenvalue weighted by Gasteiger charge is -2.30. The Balaban J connectivity index is 2.68. The van der Waals surface area contributed by atoms with Crippen molar-refractivity contribution in [2.24, 2.45) is 0 Å². The van der Waals surface area contributed by atoms with Crippen LogP contribution in [0.5, 0.6) is 0 Å². The summed E-state index contributed by atoms with van der Waals surface area (Å²) in [5, 5.41) is 3.57. The Hall–Kier alpha value is -1.00. The summed E-state index contributed by atoms with van der Waals surface area (Å²) >= 11 is 1.79. The number of likely N-dealkylation sites (N-methyl/N-ethyl adjacent to an activating group) is 1. The Morgan fingerprint density at radius 2 is 2.00 bits per heavy atom. The minimum atomic E-state index is -0.624. The average Bonchev–Trinajstić information content (AvgIpc) is 2.40. The first kappa shape index (κ1) is 17.1. The van der Waals surface area contributed by atoms with Crippen LogP contribution in [-0.4, -0.2) is 30.4 Å². The number of nitrogens with one attached hydrogen (secondary N) is 1. The van der Waals surface area contributed by atoms with E-state index in [0.29, 0.717) is 5.25 Å². The van der Waals surface area contributed by atoms with Crippen LogP contribution in [0.15, 0.2) is 29.2 Å². The fourth-order valence-electron chi connectivity index (χ4n) is 2.31. The van der Waals surface area contributed by atoms with Crippen molar-refractivity contribution in [3.05, 3.63) is 29.8 Å². The number of aryl methyl sites for hydroxylation is 1. The molecule has 0 fully saturated rings. The van der Waals surface area contributed by atoms with Crippen LogP contribution in [0.2, 0.25) is 0 Å². The second-order valence-electron chi connectivity index (χ2n) is 5.30. The molecule has 0 saturated carbocycles. The maximum atomic E-state index is 12.0. The van der Waals surface area contributed by atoms with Crippen LogP contribution >= 0.6 is 11.8 Å². The topological polar surface area (TPSA) is 38.3 Å². The van der Waals surface area contributed by atoms with E-state index in [0.717, 1.165) is 13.0 Å². The minimum Gasteiger partial charge on any atom is -0.468 e. The molecule has 0 aliphatic carbocycles. The fraction of sp³-hybridized carbons (Fsp3) is 0.562. The molecule has 3 nitrogen and oxygen atoms in total. The lowest BCUT2D eigenvalue weighted by Crippen LogP contribution is -2.51. The van der Waals surface area contributed by atoms with Gasteiger partial charge in [-0.25, -0.2) is 0 Å². The molecule has 1 aromatic rings. The molecule has 0 spiro atoms. The molecule has 112 valence electrons. The van der Waals surface area contributed by atoms with Gasteiger partial charge in [0, 0.05) is 10.1 Å². The predicted octanol–water partition coefficient (Wildman–Crippen LogP) is 3.41. The highest BCUT2D eigenvalue weighted by atomic mass is 32.2. The lowest BCUT2D eigenvalue weighted by molar-refractivity contribution is -0.148. The van der Waals surface area contributed by atoms with E-state index in [-0.39, 0.29) is 5.97 Å². The Kier molecular flexibility index (Phi) is 6.56. The molecule has 0 aromatic heterocycles. The van der Waals surface area contributed by atoms with Gasteiger partial charge in [-0.2, -0.15) is 0 Å². The first-order valence-corrected chi connectivity index (χ1v) is 7.86. The predicted molar refractivity (Wildman–Crippen MR) is 85.2 cm³/mol. The van der Waals surface area contributed by atoms with Gasteiger partial charge in [-0.3, -0.25) is 4.79 Å². The van der Waals surface area contributed by atoms with Crippen LogP contribution < -0.4 is 5.32 Å². The molecule has 2 unspecified atom stereocenters. The number of thioether (sulfide) groups is 1. The van der Waals surface area contributed by atoms with Gasteiger partial charge in [-0.15, -0.1) is 11.8 Å². The maximum absolute atomic E-state index is 12.0. The Bertz CT molecular complexity index is 433. The van der Waals surface area contributed by atoms with E-state index in [2.05, 4.69) is 43.4 Å². The number of carbonyl (C=O) groups excluding carboxylic acids is 1. The van der Waals surface area contributed by atoms with Crippen molar-refractivity contribution < 1.29 is 9.53 Å². The summed E-state index contributed by atoms with van der Waals surface area (Å²) in [5.74, 6) is -0.198. The van der Waals surface area contributed by atoms with Gasteiger partial charge in [-0.1, -0.05) is 31.5 Å². The highest BCUT2D eigenvalue weighted by Crippen LogP contribution is 2.29. The third-order valence-corrected chi connectivity index (χ3v) is 4.37. The molecule has 1 N–H and O–H groups in total. The van der Waals surface area contributed by atoms with Crippen molar-refractivity contribution in [2.45, 2.75) is 49.8 Å². The van der Waals surface area contributed by atoms with Crippen LogP contribution in [0, 0.1) is 6.92 Å². The van der Waals surface area contributed by atoms with Crippen molar-refractivity contribution in [1.82, 2.24) is 5.32 Å². The summed E-state index contributed by atoms with van der Waals surface area (Å²) in [7, 11) is 1.44. The third kappa shape index (κ3) is 4.84. The molecule has 0 saturated heterocycles. The highest BCUT2D eigenvalue weighted by Gasteiger charge is 2.35. The first-order valence-electron chi connectivity index (χ1n) is 6.98. The maximum Gasteiger partial charge on any atom is 0.325 e. The van der Waals surface area contributed by atoms with Crippen LogP contribution in [0.3, 0.4) is 0 Å². The first-order chi connectivity index (χ1) is 9.41. The van der Waals surface area contributed by atoms with Crippen molar-refractivity contribution in [3.8, 4) is 0 Å². The van der Waals surface area contributed by atoms with Gasteiger partial charge in [0.25, 0.3) is 0 Å². The molecule has 2 atom stereocenters. The number of hydrogen-bond donors (Lipinski definition) is 1. The SMILES string of the molecule is CCNC(C)(CC(C)Sc1ccc(C)cc1)C(=O)OC. The summed E-state index contributed by atoms with van der Waals surface area (Å²) in [4.78, 5) is 13.2. The molecular weight excluding hydrogens is 270 g/mol. The van der Waals surface area contributed by atoms with Gasteiger partial charge in [0.1, 0.15) is 5.54 Å². The second-order valence-corrected chi connectivity index (χ2v) is 6.81. The van der Waals surface area contributed by atoms with E-state index in [1.54, 1.807) is 11.8 Å². The number of rotatable bonds is 7. The van der Waals surface area contributed by atoms with Crippen molar-refractivity contribution in [2.75, 3.05) is 13.7 Å². The van der Waals surface area contributed by atoms with E-state index in [1.165, 1.54) is 17.6 Å². The summed E-state index contributed by atoms with van der Waals surface area (Å²) in [6.45, 7) is 8.88. The van der Waals surface area contributed by atoms with Gasteiger partial charge in [0.15, 0.2) is 0 Å². The quantitative estimate of drug-likeness (QED) is 0.618. The van der Waals surface area contributed by atoms with E-state index < -0.39 is 5.54 Å². The average molecular weight is 295 g/mol. The monoisotopic (exact) mass is 295 g/mol. The molecule has 20 heavy (non-hydrogen) atoms. The molecule has 1 rings (SSSR count). The van der Waals surface area contributed by atoms with Crippen molar-refractivity contribution >= 4 is 17.7 Å². The number of hydrogen-bond acceptors (Lipinski definition) is 4. The van der Waals surface area contributed by atoms with Gasteiger partial charge in [0.2, 0.25) is 0 Å². The molecule has 0 amide bonds. The number of esters is 1. The largest absolute Gasteiger partial charge is 0.468 e. The molecule has 4 heteroatoms. The van der Waals surface area contributed by atoms with Crippen molar-refractivity contribution in [1.29, 1.82) is 0 Å². The minimum absolute atomic E-state index is 0.198. The molecule has 0 heterocycles. The lowest BCUT2D eigenvalue weighted by atomic mass is 9.96. The van der Waals surface area contributed by atoms with Crippen LogP contribution in [-0.2, 0) is 9.53 Å². The van der Waals surface area contributed by atoms with Crippen LogP contribution in [0.4, 0.5) is 0 Å². The number of carbonyl (C=O) groups is 1. The normalized spacial score (nSPS) is 15.4. The van der Waals surface area contributed by atoms with Gasteiger partial charge in [0.05, 0.1) is 7.11 Å². The van der Waals surface area contributed by atoms with E-state index in [9.17, 15) is 4.79 Å². The molecule has 0 aliphatic rings. The number of methoxy groups -OCH3 is 1. The molecule has 0 radical (unpaired) electrons. The van der Waals surface area contributed by atoms with E-state index in [1.807, 2.05) is 13.8 Å². The Labute approximate surface area is 126 Å². The number of ether oxygens (including phenoxy) is 1. The van der Waals surface area contributed by atoms with E-state index >= 15 is 0 Å². The zero-order valence-electron chi connectivity index (χ0n) is 13.0. The summed E-state index contributed by atoms with van der Waals surface area (Å²) in [6, 6.07) is 8.47. The van der Waals surface area contributed by atoms with E-state index in [4.69, 9.17) is 4.74 Å². The molecule has 1 aromatic carbocycles.